The highest BCUT2D eigenvalue weighted by Gasteiger charge is 2.19. The van der Waals surface area contributed by atoms with Gasteiger partial charge in [-0.15, -0.1) is 0 Å². The maximum absolute atomic E-state index is 12.7. The van der Waals surface area contributed by atoms with Gasteiger partial charge in [0.2, 0.25) is 5.91 Å². The van der Waals surface area contributed by atoms with Crippen LogP contribution < -0.4 is 27.1 Å². The molecule has 4 N–H and O–H groups in total. The topological polar surface area (TPSA) is 123 Å². The Labute approximate surface area is 201 Å². The van der Waals surface area contributed by atoms with E-state index in [9.17, 15) is 14.4 Å². The summed E-state index contributed by atoms with van der Waals surface area (Å²) in [6, 6.07) is 16.5. The van der Waals surface area contributed by atoms with Crippen LogP contribution in [0.2, 0.25) is 0 Å². The summed E-state index contributed by atoms with van der Waals surface area (Å²) in [6.45, 7) is 6.09. The first-order valence-electron chi connectivity index (χ1n) is 11.2. The van der Waals surface area contributed by atoms with Crippen molar-refractivity contribution in [1.82, 2.24) is 19.9 Å². The number of amides is 1. The smallest absolute Gasteiger partial charge is 0.272 e. The number of aromatic nitrogens is 4. The van der Waals surface area contributed by atoms with Gasteiger partial charge in [-0.05, 0) is 35.4 Å². The van der Waals surface area contributed by atoms with E-state index in [2.05, 4.69) is 25.3 Å². The number of imidazole rings is 1. The lowest BCUT2D eigenvalue weighted by Crippen LogP contribution is -2.46. The Bertz CT molecular complexity index is 1590. The second kappa shape index (κ2) is 9.80. The summed E-state index contributed by atoms with van der Waals surface area (Å²) in [5.74, 6) is -0.146. The molecule has 0 bridgehead atoms. The molecule has 0 atom stereocenters. The largest absolute Gasteiger partial charge is 0.348 e. The van der Waals surface area contributed by atoms with Gasteiger partial charge in [0.1, 0.15) is 10.7 Å². The Morgan fingerprint density at radius 3 is 2.31 bits per heavy atom. The van der Waals surface area contributed by atoms with Gasteiger partial charge < -0.3 is 20.3 Å². The molecule has 35 heavy (non-hydrogen) atoms. The SMILES string of the molecule is CC(C)(C)c1[nH]cnc1/C=c1\[nH]c(=O)/c(=C/c2cccc(NC(=O)Cc3ccccc3)c2)[nH]c1=O. The van der Waals surface area contributed by atoms with E-state index < -0.39 is 11.1 Å². The molecule has 2 aromatic carbocycles. The van der Waals surface area contributed by atoms with Crippen LogP contribution in [0, 0.1) is 0 Å². The fraction of sp³-hybridized carbons (Fsp3) is 0.185. The average molecular weight is 470 g/mol. The van der Waals surface area contributed by atoms with Crippen molar-refractivity contribution in [3.05, 3.63) is 115 Å². The van der Waals surface area contributed by atoms with Crippen molar-refractivity contribution in [3.8, 4) is 0 Å². The standard InChI is InChI=1S/C27H27N5O3/c1-27(2,3)24-20(28-16-29-24)15-22-26(35)31-21(25(34)32-22)13-18-10-7-11-19(12-18)30-23(33)14-17-8-5-4-6-9-17/h4-13,15-16H,14H2,1-3H3,(H,28,29)(H,30,33)(H,31,35)(H,32,34)/b21-13-,22-15-. The van der Waals surface area contributed by atoms with Crippen molar-refractivity contribution in [3.63, 3.8) is 0 Å². The summed E-state index contributed by atoms with van der Waals surface area (Å²) >= 11 is 0. The molecular formula is C27H27N5O3. The van der Waals surface area contributed by atoms with Gasteiger partial charge >= 0.3 is 0 Å². The van der Waals surface area contributed by atoms with Gasteiger partial charge in [0, 0.05) is 16.8 Å². The lowest BCUT2D eigenvalue weighted by atomic mass is 9.90. The van der Waals surface area contributed by atoms with Gasteiger partial charge in [0.15, 0.2) is 0 Å². The van der Waals surface area contributed by atoms with Gasteiger partial charge in [0.05, 0.1) is 18.4 Å². The third-order valence-electron chi connectivity index (χ3n) is 5.37. The molecule has 0 radical (unpaired) electrons. The Morgan fingerprint density at radius 1 is 0.943 bits per heavy atom. The number of nitrogens with zero attached hydrogens (tertiary/aromatic N) is 1. The third kappa shape index (κ3) is 5.92. The van der Waals surface area contributed by atoms with E-state index in [1.165, 1.54) is 0 Å². The van der Waals surface area contributed by atoms with Crippen molar-refractivity contribution in [2.45, 2.75) is 32.6 Å². The molecule has 0 saturated heterocycles. The zero-order chi connectivity index (χ0) is 25.0. The fourth-order valence-corrected chi connectivity index (χ4v) is 3.71. The van der Waals surface area contributed by atoms with Crippen LogP contribution in [0.1, 0.15) is 43.3 Å². The summed E-state index contributed by atoms with van der Waals surface area (Å²) in [6.07, 6.45) is 4.94. The van der Waals surface area contributed by atoms with Crippen molar-refractivity contribution in [2.24, 2.45) is 0 Å². The minimum absolute atomic E-state index is 0.109. The molecule has 2 aromatic heterocycles. The Kier molecular flexibility index (Phi) is 6.64. The summed E-state index contributed by atoms with van der Waals surface area (Å²) in [5.41, 5.74) is 2.53. The maximum atomic E-state index is 12.7. The monoisotopic (exact) mass is 469 g/mol. The van der Waals surface area contributed by atoms with Crippen LogP contribution in [0.3, 0.4) is 0 Å². The second-order valence-electron chi connectivity index (χ2n) is 9.27. The van der Waals surface area contributed by atoms with E-state index in [1.807, 2.05) is 51.1 Å². The quantitative estimate of drug-likeness (QED) is 0.357. The first kappa shape index (κ1) is 23.7. The van der Waals surface area contributed by atoms with E-state index in [0.717, 1.165) is 11.3 Å². The molecule has 8 heteroatoms. The normalized spacial score (nSPS) is 12.7. The number of nitrogens with one attached hydrogen (secondary N) is 4. The molecule has 0 fully saturated rings. The number of carbonyl (C=O) groups is 1. The van der Waals surface area contributed by atoms with Crippen LogP contribution in [0.5, 0.6) is 0 Å². The van der Waals surface area contributed by atoms with Crippen LogP contribution >= 0.6 is 0 Å². The molecule has 178 valence electrons. The molecule has 0 unspecified atom stereocenters. The van der Waals surface area contributed by atoms with Crippen LogP contribution in [0.4, 0.5) is 5.69 Å². The molecule has 4 aromatic rings. The summed E-state index contributed by atoms with van der Waals surface area (Å²) < 4.78 is 0. The fourth-order valence-electron chi connectivity index (χ4n) is 3.71. The number of hydrogen-bond acceptors (Lipinski definition) is 4. The Morgan fingerprint density at radius 2 is 1.63 bits per heavy atom. The number of rotatable bonds is 5. The Hall–Kier alpha value is -4.46. The van der Waals surface area contributed by atoms with Gasteiger partial charge in [-0.3, -0.25) is 14.4 Å². The zero-order valence-corrected chi connectivity index (χ0v) is 19.8. The van der Waals surface area contributed by atoms with Crippen molar-refractivity contribution in [1.29, 1.82) is 0 Å². The number of benzene rings is 2. The van der Waals surface area contributed by atoms with Crippen molar-refractivity contribution >= 4 is 23.7 Å². The highest BCUT2D eigenvalue weighted by molar-refractivity contribution is 5.92. The molecule has 1 amide bonds. The van der Waals surface area contributed by atoms with Crippen LogP contribution in [0.25, 0.3) is 12.2 Å². The van der Waals surface area contributed by atoms with Crippen molar-refractivity contribution in [2.75, 3.05) is 5.32 Å². The third-order valence-corrected chi connectivity index (χ3v) is 5.37. The number of hydrogen-bond donors (Lipinski definition) is 4. The highest BCUT2D eigenvalue weighted by Crippen LogP contribution is 2.22. The zero-order valence-electron chi connectivity index (χ0n) is 19.8. The van der Waals surface area contributed by atoms with Gasteiger partial charge in [0.25, 0.3) is 11.1 Å². The number of aromatic amines is 3. The lowest BCUT2D eigenvalue weighted by molar-refractivity contribution is -0.115. The van der Waals surface area contributed by atoms with Crippen LogP contribution in [-0.4, -0.2) is 25.8 Å². The first-order valence-corrected chi connectivity index (χ1v) is 11.2. The van der Waals surface area contributed by atoms with Crippen LogP contribution in [-0.2, 0) is 16.6 Å². The minimum atomic E-state index is -0.442. The summed E-state index contributed by atoms with van der Waals surface area (Å²) in [5, 5.41) is 3.09. The van der Waals surface area contributed by atoms with Gasteiger partial charge in [-0.25, -0.2) is 4.98 Å². The average Bonchev–Trinajstić information content (AvgIpc) is 3.27. The predicted octanol–water partition coefficient (Wildman–Crippen LogP) is 1.92. The van der Waals surface area contributed by atoms with Gasteiger partial charge in [-0.2, -0.15) is 0 Å². The Balaban J connectivity index is 1.61. The molecule has 0 saturated carbocycles. The lowest BCUT2D eigenvalue weighted by Gasteiger charge is -2.16. The van der Waals surface area contributed by atoms with E-state index in [1.54, 1.807) is 42.7 Å². The van der Waals surface area contributed by atoms with E-state index in [4.69, 9.17) is 0 Å². The van der Waals surface area contributed by atoms with E-state index >= 15 is 0 Å². The predicted molar refractivity (Wildman–Crippen MR) is 137 cm³/mol. The summed E-state index contributed by atoms with van der Waals surface area (Å²) in [7, 11) is 0. The van der Waals surface area contributed by atoms with Crippen LogP contribution in [0.15, 0.2) is 70.5 Å². The summed E-state index contributed by atoms with van der Waals surface area (Å²) in [4.78, 5) is 50.4. The van der Waals surface area contributed by atoms with Gasteiger partial charge in [-0.1, -0.05) is 63.2 Å². The number of anilines is 1. The number of carbonyl (C=O) groups excluding carboxylic acids is 1. The second-order valence-corrected chi connectivity index (χ2v) is 9.27. The molecular weight excluding hydrogens is 442 g/mol. The minimum Gasteiger partial charge on any atom is -0.348 e. The number of H-pyrrole nitrogens is 3. The molecule has 0 aliphatic rings. The molecule has 8 nitrogen and oxygen atoms in total. The van der Waals surface area contributed by atoms with E-state index in [-0.39, 0.29) is 28.4 Å². The molecule has 2 heterocycles. The molecule has 0 spiro atoms. The maximum Gasteiger partial charge on any atom is 0.272 e. The highest BCUT2D eigenvalue weighted by atomic mass is 16.2. The van der Waals surface area contributed by atoms with Crippen molar-refractivity contribution < 1.29 is 4.79 Å². The molecule has 0 aliphatic heterocycles. The first-order chi connectivity index (χ1) is 16.7. The molecule has 0 aliphatic carbocycles. The van der Waals surface area contributed by atoms with E-state index in [0.29, 0.717) is 16.9 Å². The molecule has 4 rings (SSSR count).